The van der Waals surface area contributed by atoms with Gasteiger partial charge in [0, 0.05) is 11.8 Å². The summed E-state index contributed by atoms with van der Waals surface area (Å²) in [6.45, 7) is 21.4. The van der Waals surface area contributed by atoms with Crippen LogP contribution in [0.3, 0.4) is 0 Å². The maximum absolute atomic E-state index is 7.12. The molecular weight excluding hydrogens is 523 g/mol. The Bertz CT molecular complexity index is 1470. The summed E-state index contributed by atoms with van der Waals surface area (Å²) in [5.41, 5.74) is 13.5. The number of hydrogen-bond donors (Lipinski definition) is 0. The third-order valence-electron chi connectivity index (χ3n) is 8.71. The Labute approximate surface area is 248 Å². The van der Waals surface area contributed by atoms with E-state index >= 15 is 0 Å². The quantitative estimate of drug-likeness (QED) is 0.200. The average Bonchev–Trinajstić information content (AvgIpc) is 2.87. The van der Waals surface area contributed by atoms with Crippen molar-refractivity contribution in [2.45, 2.75) is 81.1 Å². The highest BCUT2D eigenvalue weighted by atomic mass is 27.3. The lowest BCUT2D eigenvalue weighted by atomic mass is 9.87. The van der Waals surface area contributed by atoms with Crippen molar-refractivity contribution in [3.63, 3.8) is 0 Å². The van der Waals surface area contributed by atoms with E-state index in [0.29, 0.717) is 0 Å². The predicted molar refractivity (Wildman–Crippen MR) is 167 cm³/mol. The zero-order valence-electron chi connectivity index (χ0n) is 26.0. The highest BCUT2D eigenvalue weighted by Gasteiger charge is 2.66. The topological polar surface area (TPSA) is 36.9 Å². The van der Waals surface area contributed by atoms with Crippen LogP contribution in [0.2, 0.25) is 0 Å². The highest BCUT2D eigenvalue weighted by molar-refractivity contribution is 6.57. The van der Waals surface area contributed by atoms with E-state index in [1.165, 1.54) is 22.3 Å². The third-order valence-corrected chi connectivity index (χ3v) is 10.8. The zero-order valence-corrected chi connectivity index (χ0v) is 27.1. The van der Waals surface area contributed by atoms with Crippen LogP contribution >= 0.6 is 0 Å². The largest absolute Gasteiger partial charge is 1.21 e. The molecule has 2 aliphatic rings. The van der Waals surface area contributed by atoms with Gasteiger partial charge in [0.1, 0.15) is 0 Å². The predicted octanol–water partition coefficient (Wildman–Crippen LogP) is 9.14. The van der Waals surface area contributed by atoms with Gasteiger partial charge < -0.3 is 15.2 Å². The molecule has 6 rings (SSSR count). The average molecular weight is 564 g/mol. The van der Waals surface area contributed by atoms with E-state index < -0.39 is 14.4 Å². The maximum Gasteiger partial charge on any atom is 1.21 e. The van der Waals surface area contributed by atoms with Gasteiger partial charge in [-0.3, -0.25) is 0 Å². The van der Waals surface area contributed by atoms with E-state index in [1.807, 2.05) is 0 Å². The van der Waals surface area contributed by atoms with Crippen LogP contribution in [0, 0.1) is 55.4 Å². The van der Waals surface area contributed by atoms with Crippen molar-refractivity contribution in [1.29, 1.82) is 0 Å². The van der Waals surface area contributed by atoms with Crippen LogP contribution in [0.15, 0.2) is 48.5 Å². The molecule has 1 spiro atoms. The lowest BCUT2D eigenvalue weighted by Gasteiger charge is -2.45. The minimum atomic E-state index is -4.41. The van der Waals surface area contributed by atoms with Gasteiger partial charge in [-0.2, -0.15) is 0 Å². The Kier molecular flexibility index (Phi) is 6.68. The van der Waals surface area contributed by atoms with E-state index in [-0.39, 0.29) is 11.8 Å². The molecule has 4 aromatic carbocycles. The summed E-state index contributed by atoms with van der Waals surface area (Å²) in [5.74, 6) is 3.31. The summed E-state index contributed by atoms with van der Waals surface area (Å²) in [4.78, 5) is 0. The van der Waals surface area contributed by atoms with Crippen LogP contribution < -0.4 is 15.2 Å². The molecule has 0 unspecified atom stereocenters. The molecule has 0 N–H and O–H groups in total. The van der Waals surface area contributed by atoms with Crippen LogP contribution in [0.25, 0.3) is 0 Å². The number of rotatable bonds is 0. The number of hydrogen-bond acceptors (Lipinski definition) is 4. The fourth-order valence-corrected chi connectivity index (χ4v) is 9.67. The number of fused-ring (bicyclic) bond motifs is 4. The minimum absolute atomic E-state index is 0.0651. The van der Waals surface area contributed by atoms with Gasteiger partial charge in [-0.1, -0.05) is 84.6 Å². The lowest BCUT2D eigenvalue weighted by molar-refractivity contribution is 0.152. The molecule has 0 atom stereocenters. The van der Waals surface area contributed by atoms with Gasteiger partial charge in [0.05, 0.1) is 23.0 Å². The highest BCUT2D eigenvalue weighted by Crippen LogP contribution is 2.48. The second-order valence-corrected chi connectivity index (χ2v) is 14.6. The summed E-state index contributed by atoms with van der Waals surface area (Å²) in [7, 11) is 0. The van der Waals surface area contributed by atoms with E-state index in [2.05, 4.69) is 118 Å². The normalized spacial score (nSPS) is 20.8. The second-order valence-electron chi connectivity index (χ2n) is 12.5. The van der Waals surface area contributed by atoms with Crippen molar-refractivity contribution < 1.29 is 15.2 Å². The first kappa shape index (κ1) is 27.8. The SMILES string of the molecule is Cc1cc(C)c2c(c1)C(C)c1cc(C)cc(C)c1[O][Al-]1([O]2)[O]c2c(C)cc(C)cc2C(C)c2cc(C)cc(C)c2[O]1. The van der Waals surface area contributed by atoms with Crippen molar-refractivity contribution in [2.75, 3.05) is 0 Å². The molecule has 41 heavy (non-hydrogen) atoms. The Balaban J connectivity index is 1.70. The monoisotopic (exact) mass is 563 g/mol. The molecule has 0 aliphatic carbocycles. The van der Waals surface area contributed by atoms with Gasteiger partial charge in [-0.15, -0.1) is 0 Å². The van der Waals surface area contributed by atoms with E-state index in [4.69, 9.17) is 15.2 Å². The maximum atomic E-state index is 7.12. The molecule has 5 heteroatoms. The van der Waals surface area contributed by atoms with Crippen LogP contribution in [0.1, 0.15) is 92.4 Å². The fourth-order valence-electron chi connectivity index (χ4n) is 6.94. The van der Waals surface area contributed by atoms with Crippen LogP contribution in [-0.4, -0.2) is 14.4 Å². The molecular formula is C36H40AlO4-. The molecule has 2 heterocycles. The Morgan fingerprint density at radius 3 is 0.829 bits per heavy atom. The smallest absolute Gasteiger partial charge is 0.696 e. The molecule has 0 saturated carbocycles. The van der Waals surface area contributed by atoms with E-state index in [9.17, 15) is 0 Å². The third kappa shape index (κ3) is 4.70. The first-order valence-electron chi connectivity index (χ1n) is 14.7. The van der Waals surface area contributed by atoms with Crippen LogP contribution in [0.4, 0.5) is 0 Å². The first-order chi connectivity index (χ1) is 19.4. The Morgan fingerprint density at radius 1 is 0.390 bits per heavy atom. The second kappa shape index (κ2) is 9.86. The first-order valence-corrected chi connectivity index (χ1v) is 16.6. The molecule has 212 valence electrons. The molecule has 4 nitrogen and oxygen atoms in total. The summed E-state index contributed by atoms with van der Waals surface area (Å²) in [5, 5.41) is 0. The van der Waals surface area contributed by atoms with Crippen molar-refractivity contribution in [3.05, 3.63) is 115 Å². The van der Waals surface area contributed by atoms with Crippen LogP contribution in [0.5, 0.6) is 23.0 Å². The fraction of sp³-hybridized carbons (Fsp3) is 0.333. The van der Waals surface area contributed by atoms with Gasteiger partial charge in [0.25, 0.3) is 0 Å². The summed E-state index contributed by atoms with van der Waals surface area (Å²) >= 11 is -4.41. The molecule has 0 saturated heterocycles. The van der Waals surface area contributed by atoms with Crippen molar-refractivity contribution in [2.24, 2.45) is 0 Å². The molecule has 0 amide bonds. The van der Waals surface area contributed by atoms with Gasteiger partial charge in [-0.25, -0.2) is 0 Å². The molecule has 0 fully saturated rings. The molecule has 0 radical (unpaired) electrons. The standard InChI is InChI=1S/2C18H22O2.Al/c2*1-10-6-12(3)17(19)15(8-10)14(5)16-9-11(2)7-13(4)18(16)20;/h2*6-9,14,19-20H,1-5H3;/q;;+3/p-4. The Hall–Kier alpha value is -3.39. The Morgan fingerprint density at radius 2 is 0.610 bits per heavy atom. The molecule has 2 aliphatic heterocycles. The van der Waals surface area contributed by atoms with Gasteiger partial charge in [-0.05, 0) is 99.9 Å². The number of aryl methyl sites for hydroxylation is 8. The van der Waals surface area contributed by atoms with Crippen LogP contribution in [-0.2, 0) is 0 Å². The minimum Gasteiger partial charge on any atom is -0.696 e. The summed E-state index contributed by atoms with van der Waals surface area (Å²) < 4.78 is 28.5. The summed E-state index contributed by atoms with van der Waals surface area (Å²) in [6.07, 6.45) is 0. The lowest BCUT2D eigenvalue weighted by Crippen LogP contribution is -2.62. The van der Waals surface area contributed by atoms with Crippen molar-refractivity contribution >= 4 is 14.4 Å². The van der Waals surface area contributed by atoms with E-state index in [0.717, 1.165) is 67.5 Å². The molecule has 4 aromatic rings. The molecule has 0 aromatic heterocycles. The van der Waals surface area contributed by atoms with E-state index in [1.54, 1.807) is 0 Å². The van der Waals surface area contributed by atoms with Crippen molar-refractivity contribution in [1.82, 2.24) is 0 Å². The van der Waals surface area contributed by atoms with Gasteiger partial charge in [0.15, 0.2) is 0 Å². The summed E-state index contributed by atoms with van der Waals surface area (Å²) in [6, 6.07) is 17.6. The zero-order chi connectivity index (χ0) is 29.4. The number of benzene rings is 4. The van der Waals surface area contributed by atoms with Crippen molar-refractivity contribution in [3.8, 4) is 23.0 Å². The molecule has 0 bridgehead atoms. The van der Waals surface area contributed by atoms with Gasteiger partial charge in [0.2, 0.25) is 0 Å². The van der Waals surface area contributed by atoms with Gasteiger partial charge >= 0.3 is 14.4 Å².